The molecule has 2 aliphatic heterocycles. The number of carboxylic acids is 1. The maximum absolute atomic E-state index is 12.7. The zero-order valence-electron chi connectivity index (χ0n) is 14.4. The van der Waals surface area contributed by atoms with Gasteiger partial charge in [0.1, 0.15) is 6.04 Å². The minimum absolute atomic E-state index is 0.0120. The van der Waals surface area contributed by atoms with Crippen molar-refractivity contribution < 1.29 is 19.5 Å². The summed E-state index contributed by atoms with van der Waals surface area (Å²) < 4.78 is 0. The number of benzene rings is 1. The molecule has 2 amide bonds. The number of aryl methyl sites for hydroxylation is 1. The molecule has 26 heavy (non-hydrogen) atoms. The molecule has 140 valence electrons. The molecule has 0 aliphatic carbocycles. The van der Waals surface area contributed by atoms with Gasteiger partial charge in [-0.1, -0.05) is 12.1 Å². The number of carboxylic acid groups (broad SMARTS) is 1. The van der Waals surface area contributed by atoms with Crippen molar-refractivity contribution in [2.24, 2.45) is 0 Å². The van der Waals surface area contributed by atoms with Crippen LogP contribution in [-0.4, -0.2) is 75.0 Å². The summed E-state index contributed by atoms with van der Waals surface area (Å²) in [6.45, 7) is 1.53. The van der Waals surface area contributed by atoms with Gasteiger partial charge in [0.25, 0.3) is 0 Å². The Balaban J connectivity index is 1.56. The second-order valence-electron chi connectivity index (χ2n) is 6.32. The average Bonchev–Trinajstić information content (AvgIpc) is 3.16. The second-order valence-corrected chi connectivity index (χ2v) is 8.54. The molecule has 8 heteroatoms. The van der Waals surface area contributed by atoms with Crippen LogP contribution in [-0.2, 0) is 16.0 Å². The van der Waals surface area contributed by atoms with E-state index < -0.39 is 5.97 Å². The Kier molecular flexibility index (Phi) is 6.48. The van der Waals surface area contributed by atoms with Crippen molar-refractivity contribution in [2.75, 3.05) is 36.2 Å². The van der Waals surface area contributed by atoms with Crippen LogP contribution in [0.1, 0.15) is 22.3 Å². The van der Waals surface area contributed by atoms with E-state index in [9.17, 15) is 14.4 Å². The van der Waals surface area contributed by atoms with Gasteiger partial charge in [0.15, 0.2) is 0 Å². The number of aromatic carboxylic acids is 1. The Morgan fingerprint density at radius 2 is 1.77 bits per heavy atom. The predicted octanol–water partition coefficient (Wildman–Crippen LogP) is 1.79. The van der Waals surface area contributed by atoms with Crippen LogP contribution in [0.2, 0.25) is 0 Å². The summed E-state index contributed by atoms with van der Waals surface area (Å²) in [5.74, 6) is 2.27. The molecule has 1 N–H and O–H groups in total. The maximum Gasteiger partial charge on any atom is 0.335 e. The van der Waals surface area contributed by atoms with E-state index in [1.54, 1.807) is 40.9 Å². The van der Waals surface area contributed by atoms with Gasteiger partial charge in [-0.05, 0) is 24.1 Å². The molecule has 2 heterocycles. The first kappa shape index (κ1) is 19.1. The Labute approximate surface area is 161 Å². The number of hydrogen-bond donors (Lipinski definition) is 1. The van der Waals surface area contributed by atoms with Crippen molar-refractivity contribution >= 4 is 41.3 Å². The highest BCUT2D eigenvalue weighted by molar-refractivity contribution is 7.99. The van der Waals surface area contributed by atoms with Crippen LogP contribution in [0.3, 0.4) is 0 Å². The Bertz CT molecular complexity index is 674. The number of thioether (sulfide) groups is 2. The quantitative estimate of drug-likeness (QED) is 0.821. The molecule has 1 unspecified atom stereocenters. The van der Waals surface area contributed by atoms with Gasteiger partial charge in [-0.25, -0.2) is 4.79 Å². The van der Waals surface area contributed by atoms with Crippen molar-refractivity contribution in [3.63, 3.8) is 0 Å². The van der Waals surface area contributed by atoms with Gasteiger partial charge < -0.3 is 14.9 Å². The van der Waals surface area contributed by atoms with Crippen LogP contribution in [0.15, 0.2) is 24.3 Å². The number of carbonyl (C=O) groups is 3. The van der Waals surface area contributed by atoms with Gasteiger partial charge in [0.05, 0.1) is 11.4 Å². The van der Waals surface area contributed by atoms with Gasteiger partial charge in [0, 0.05) is 36.8 Å². The fourth-order valence-corrected chi connectivity index (χ4v) is 5.17. The van der Waals surface area contributed by atoms with E-state index in [4.69, 9.17) is 5.11 Å². The molecule has 0 spiro atoms. The molecule has 0 bridgehead atoms. The summed E-state index contributed by atoms with van der Waals surface area (Å²) in [6, 6.07) is 6.24. The Hall–Kier alpha value is -1.67. The predicted molar refractivity (Wildman–Crippen MR) is 104 cm³/mol. The number of carbonyl (C=O) groups excluding carboxylic acids is 2. The lowest BCUT2D eigenvalue weighted by Gasteiger charge is -2.32. The molecule has 6 nitrogen and oxygen atoms in total. The lowest BCUT2D eigenvalue weighted by molar-refractivity contribution is -0.143. The third kappa shape index (κ3) is 4.54. The molecule has 1 atom stereocenters. The van der Waals surface area contributed by atoms with Crippen LogP contribution in [0.25, 0.3) is 0 Å². The minimum Gasteiger partial charge on any atom is -0.478 e. The van der Waals surface area contributed by atoms with E-state index >= 15 is 0 Å². The van der Waals surface area contributed by atoms with Gasteiger partial charge >= 0.3 is 5.97 Å². The van der Waals surface area contributed by atoms with E-state index in [1.165, 1.54) is 0 Å². The third-order valence-corrected chi connectivity index (χ3v) is 6.59. The van der Waals surface area contributed by atoms with Crippen LogP contribution in [0, 0.1) is 0 Å². The third-order valence-electron chi connectivity index (χ3n) is 4.64. The first-order valence-electron chi connectivity index (χ1n) is 8.62. The summed E-state index contributed by atoms with van der Waals surface area (Å²) in [5, 5.41) is 8.93. The summed E-state index contributed by atoms with van der Waals surface area (Å²) in [6.07, 6.45) is 0.869. The van der Waals surface area contributed by atoms with E-state index in [0.717, 1.165) is 30.2 Å². The summed E-state index contributed by atoms with van der Waals surface area (Å²) in [5.41, 5.74) is 1.16. The second kappa shape index (κ2) is 8.81. The molecular formula is C18H22N2O4S2. The molecule has 0 saturated carbocycles. The average molecular weight is 395 g/mol. The number of amides is 2. The van der Waals surface area contributed by atoms with E-state index in [0.29, 0.717) is 24.5 Å². The smallest absolute Gasteiger partial charge is 0.335 e. The lowest BCUT2D eigenvalue weighted by atomic mass is 10.1. The SMILES string of the molecule is O=C(O)c1ccc(CCC(=O)N2CSCC2C(=O)N2CCSCC2)cc1. The molecule has 2 saturated heterocycles. The van der Waals surface area contributed by atoms with Crippen molar-refractivity contribution in [3.8, 4) is 0 Å². The van der Waals surface area contributed by atoms with E-state index in [1.807, 2.05) is 16.7 Å². The fraction of sp³-hybridized carbons (Fsp3) is 0.500. The fourth-order valence-electron chi connectivity index (χ4n) is 3.10. The van der Waals surface area contributed by atoms with Gasteiger partial charge in [-0.15, -0.1) is 11.8 Å². The van der Waals surface area contributed by atoms with Gasteiger partial charge in [0.2, 0.25) is 11.8 Å². The highest BCUT2D eigenvalue weighted by Gasteiger charge is 2.37. The highest BCUT2D eigenvalue weighted by Crippen LogP contribution is 2.25. The first-order chi connectivity index (χ1) is 12.6. The minimum atomic E-state index is -0.959. The van der Waals surface area contributed by atoms with Crippen molar-refractivity contribution in [1.82, 2.24) is 9.80 Å². The normalized spacial score (nSPS) is 20.2. The number of hydrogen-bond acceptors (Lipinski definition) is 5. The van der Waals surface area contributed by atoms with Crippen molar-refractivity contribution in [3.05, 3.63) is 35.4 Å². The summed E-state index contributed by atoms with van der Waals surface area (Å²) >= 11 is 3.48. The van der Waals surface area contributed by atoms with Crippen LogP contribution < -0.4 is 0 Å². The number of rotatable bonds is 5. The van der Waals surface area contributed by atoms with Crippen LogP contribution >= 0.6 is 23.5 Å². The zero-order chi connectivity index (χ0) is 18.5. The van der Waals surface area contributed by atoms with Crippen LogP contribution in [0.5, 0.6) is 0 Å². The standard InChI is InChI=1S/C18H22N2O4S2/c21-16(6-3-13-1-4-14(5-2-13)18(23)24)20-12-26-11-15(20)17(22)19-7-9-25-10-8-19/h1-2,4-5,15H,3,6-12H2,(H,23,24). The molecular weight excluding hydrogens is 372 g/mol. The molecule has 2 aliphatic rings. The summed E-state index contributed by atoms with van der Waals surface area (Å²) in [7, 11) is 0. The Morgan fingerprint density at radius 3 is 2.42 bits per heavy atom. The van der Waals surface area contributed by atoms with E-state index in [-0.39, 0.29) is 23.4 Å². The van der Waals surface area contributed by atoms with E-state index in [2.05, 4.69) is 0 Å². The molecule has 0 aromatic heterocycles. The molecule has 1 aromatic carbocycles. The summed E-state index contributed by atoms with van der Waals surface area (Å²) in [4.78, 5) is 39.9. The molecule has 1 aromatic rings. The van der Waals surface area contributed by atoms with Gasteiger partial charge in [-0.2, -0.15) is 11.8 Å². The van der Waals surface area contributed by atoms with Crippen LogP contribution in [0.4, 0.5) is 0 Å². The molecule has 0 radical (unpaired) electrons. The topological polar surface area (TPSA) is 77.9 Å². The molecule has 3 rings (SSSR count). The zero-order valence-corrected chi connectivity index (χ0v) is 16.1. The highest BCUT2D eigenvalue weighted by atomic mass is 32.2. The lowest BCUT2D eigenvalue weighted by Crippen LogP contribution is -2.51. The largest absolute Gasteiger partial charge is 0.478 e. The monoisotopic (exact) mass is 394 g/mol. The van der Waals surface area contributed by atoms with Crippen molar-refractivity contribution in [1.29, 1.82) is 0 Å². The maximum atomic E-state index is 12.7. The number of nitrogens with zero attached hydrogens (tertiary/aromatic N) is 2. The Morgan fingerprint density at radius 1 is 1.08 bits per heavy atom. The van der Waals surface area contributed by atoms with Gasteiger partial charge in [-0.3, -0.25) is 9.59 Å². The first-order valence-corrected chi connectivity index (χ1v) is 10.9. The molecule has 2 fully saturated rings. The van der Waals surface area contributed by atoms with Crippen molar-refractivity contribution in [2.45, 2.75) is 18.9 Å².